The minimum Gasteiger partial charge on any atom is -0.314 e. The van der Waals surface area contributed by atoms with E-state index in [-0.39, 0.29) is 0 Å². The third kappa shape index (κ3) is 5.52. The first kappa shape index (κ1) is 12.2. The zero-order chi connectivity index (χ0) is 10.9. The van der Waals surface area contributed by atoms with E-state index in [0.717, 1.165) is 26.2 Å². The Balaban J connectivity index is 0.000000162. The van der Waals surface area contributed by atoms with Gasteiger partial charge in [-0.3, -0.25) is 4.79 Å². The molecule has 3 nitrogen and oxygen atoms in total. The summed E-state index contributed by atoms with van der Waals surface area (Å²) in [6.45, 7) is 4.56. The van der Waals surface area contributed by atoms with Gasteiger partial charge in [0.1, 0.15) is 0 Å². The van der Waals surface area contributed by atoms with Gasteiger partial charge in [-0.05, 0) is 11.6 Å². The highest BCUT2D eigenvalue weighted by atomic mass is 35.5. The number of hydrogen-bond acceptors (Lipinski definition) is 3. The Morgan fingerprint density at radius 3 is 1.73 bits per heavy atom. The van der Waals surface area contributed by atoms with Crippen molar-refractivity contribution in [2.75, 3.05) is 26.2 Å². The van der Waals surface area contributed by atoms with Crippen LogP contribution in [0.25, 0.3) is 0 Å². The lowest BCUT2D eigenvalue weighted by molar-refractivity contribution is 0.108. The molecule has 0 atom stereocenters. The van der Waals surface area contributed by atoms with Crippen molar-refractivity contribution in [2.45, 2.75) is 0 Å². The molecule has 1 heterocycles. The lowest BCUT2D eigenvalue weighted by Crippen LogP contribution is -2.39. The van der Waals surface area contributed by atoms with Crippen molar-refractivity contribution in [3.63, 3.8) is 0 Å². The van der Waals surface area contributed by atoms with E-state index in [0.29, 0.717) is 5.56 Å². The molecule has 0 amide bonds. The van der Waals surface area contributed by atoms with Gasteiger partial charge in [0.05, 0.1) is 0 Å². The van der Waals surface area contributed by atoms with Crippen LogP contribution >= 0.6 is 11.6 Å². The van der Waals surface area contributed by atoms with E-state index in [2.05, 4.69) is 10.6 Å². The molecule has 0 radical (unpaired) electrons. The van der Waals surface area contributed by atoms with Crippen molar-refractivity contribution >= 4 is 16.8 Å². The van der Waals surface area contributed by atoms with Crippen molar-refractivity contribution in [3.8, 4) is 0 Å². The SMILES string of the molecule is C1CNCCN1.O=C(Cl)c1ccccc1. The quantitative estimate of drug-likeness (QED) is 0.709. The summed E-state index contributed by atoms with van der Waals surface area (Å²) in [5.74, 6) is 0. The van der Waals surface area contributed by atoms with E-state index < -0.39 is 5.24 Å². The number of piperazine rings is 1. The van der Waals surface area contributed by atoms with Crippen molar-refractivity contribution in [3.05, 3.63) is 35.9 Å². The zero-order valence-electron chi connectivity index (χ0n) is 8.50. The molecule has 0 saturated carbocycles. The van der Waals surface area contributed by atoms with Crippen LogP contribution < -0.4 is 10.6 Å². The van der Waals surface area contributed by atoms with Crippen LogP contribution in [-0.2, 0) is 0 Å². The van der Waals surface area contributed by atoms with Crippen LogP contribution in [0.3, 0.4) is 0 Å². The maximum Gasteiger partial charge on any atom is 0.252 e. The van der Waals surface area contributed by atoms with Crippen LogP contribution in [0.5, 0.6) is 0 Å². The van der Waals surface area contributed by atoms with E-state index in [4.69, 9.17) is 11.6 Å². The first-order valence-electron chi connectivity index (χ1n) is 4.97. The van der Waals surface area contributed by atoms with Gasteiger partial charge in [0, 0.05) is 31.7 Å². The van der Waals surface area contributed by atoms with Crippen molar-refractivity contribution in [2.24, 2.45) is 0 Å². The van der Waals surface area contributed by atoms with Gasteiger partial charge in [0.25, 0.3) is 5.24 Å². The maximum atomic E-state index is 10.4. The molecular weight excluding hydrogens is 212 g/mol. The average molecular weight is 227 g/mol. The van der Waals surface area contributed by atoms with Gasteiger partial charge >= 0.3 is 0 Å². The number of halogens is 1. The fourth-order valence-electron chi connectivity index (χ4n) is 1.17. The molecule has 0 bridgehead atoms. The third-order valence-electron chi connectivity index (χ3n) is 1.96. The zero-order valence-corrected chi connectivity index (χ0v) is 9.26. The van der Waals surface area contributed by atoms with Crippen LogP contribution in [0.1, 0.15) is 10.4 Å². The molecule has 4 heteroatoms. The summed E-state index contributed by atoms with van der Waals surface area (Å²) in [5.41, 5.74) is 0.541. The van der Waals surface area contributed by atoms with Gasteiger partial charge in [0.2, 0.25) is 0 Å². The molecular formula is C11H15ClN2O. The summed E-state index contributed by atoms with van der Waals surface area (Å²) in [7, 11) is 0. The molecule has 1 saturated heterocycles. The highest BCUT2D eigenvalue weighted by molar-refractivity contribution is 6.67. The second-order valence-electron chi connectivity index (χ2n) is 3.14. The Morgan fingerprint density at radius 1 is 1.00 bits per heavy atom. The Morgan fingerprint density at radius 2 is 1.47 bits per heavy atom. The van der Waals surface area contributed by atoms with Gasteiger partial charge in [-0.2, -0.15) is 0 Å². The third-order valence-corrected chi connectivity index (χ3v) is 2.18. The van der Waals surface area contributed by atoms with Gasteiger partial charge in [-0.15, -0.1) is 0 Å². The topological polar surface area (TPSA) is 41.1 Å². The lowest BCUT2D eigenvalue weighted by atomic mass is 10.2. The minimum absolute atomic E-state index is 0.407. The molecule has 0 aromatic heterocycles. The molecule has 0 unspecified atom stereocenters. The molecule has 1 fully saturated rings. The van der Waals surface area contributed by atoms with Crippen LogP contribution in [0.15, 0.2) is 30.3 Å². The first-order chi connectivity index (χ1) is 7.30. The highest BCUT2D eigenvalue weighted by Gasteiger charge is 1.96. The number of carbonyl (C=O) groups is 1. The van der Waals surface area contributed by atoms with Gasteiger partial charge in [-0.25, -0.2) is 0 Å². The van der Waals surface area contributed by atoms with Crippen LogP contribution in [0.2, 0.25) is 0 Å². The maximum absolute atomic E-state index is 10.4. The predicted molar refractivity (Wildman–Crippen MR) is 62.4 cm³/mol. The second kappa shape index (κ2) is 7.40. The fourth-order valence-corrected chi connectivity index (χ4v) is 1.30. The lowest BCUT2D eigenvalue weighted by Gasteiger charge is -2.11. The molecule has 2 rings (SSSR count). The largest absolute Gasteiger partial charge is 0.314 e. The van der Waals surface area contributed by atoms with E-state index >= 15 is 0 Å². The Kier molecular flexibility index (Phi) is 6.00. The molecule has 1 aliphatic heterocycles. The van der Waals surface area contributed by atoms with Crippen LogP contribution in [-0.4, -0.2) is 31.4 Å². The van der Waals surface area contributed by atoms with Crippen molar-refractivity contribution in [1.82, 2.24) is 10.6 Å². The smallest absolute Gasteiger partial charge is 0.252 e. The number of benzene rings is 1. The molecule has 1 aromatic carbocycles. The molecule has 1 aromatic rings. The minimum atomic E-state index is -0.407. The van der Waals surface area contributed by atoms with Gasteiger partial charge < -0.3 is 10.6 Å². The number of hydrogen-bond donors (Lipinski definition) is 2. The van der Waals surface area contributed by atoms with Crippen LogP contribution in [0.4, 0.5) is 0 Å². The fraction of sp³-hybridized carbons (Fsp3) is 0.364. The average Bonchev–Trinajstić information content (AvgIpc) is 2.33. The molecule has 2 N–H and O–H groups in total. The molecule has 1 aliphatic rings. The van der Waals surface area contributed by atoms with Gasteiger partial charge in [0.15, 0.2) is 0 Å². The van der Waals surface area contributed by atoms with E-state index in [1.807, 2.05) is 6.07 Å². The summed E-state index contributed by atoms with van der Waals surface area (Å²) in [5, 5.41) is 6.04. The molecule has 15 heavy (non-hydrogen) atoms. The standard InChI is InChI=1S/C7H5ClO.C4H10N2/c8-7(9)6-4-2-1-3-5-6;1-2-6-4-3-5-1/h1-5H;5-6H,1-4H2. The van der Waals surface area contributed by atoms with E-state index in [1.54, 1.807) is 24.3 Å². The molecule has 82 valence electrons. The molecule has 0 spiro atoms. The highest BCUT2D eigenvalue weighted by Crippen LogP contribution is 2.01. The summed E-state index contributed by atoms with van der Waals surface area (Å²) in [4.78, 5) is 10.4. The normalized spacial score (nSPS) is 15.0. The number of nitrogens with one attached hydrogen (secondary N) is 2. The van der Waals surface area contributed by atoms with Crippen LogP contribution in [0, 0.1) is 0 Å². The van der Waals surface area contributed by atoms with Crippen molar-refractivity contribution < 1.29 is 4.79 Å². The van der Waals surface area contributed by atoms with E-state index in [9.17, 15) is 4.79 Å². The number of rotatable bonds is 1. The second-order valence-corrected chi connectivity index (χ2v) is 3.48. The predicted octanol–water partition coefficient (Wildman–Crippen LogP) is 1.24. The summed E-state index contributed by atoms with van der Waals surface area (Å²) in [6, 6.07) is 8.74. The summed E-state index contributed by atoms with van der Waals surface area (Å²) in [6.07, 6.45) is 0. The molecule has 0 aliphatic carbocycles. The Labute approximate surface area is 94.8 Å². The Bertz CT molecular complexity index is 274. The Hall–Kier alpha value is -0.900. The monoisotopic (exact) mass is 226 g/mol. The summed E-state index contributed by atoms with van der Waals surface area (Å²) >= 11 is 5.16. The van der Waals surface area contributed by atoms with E-state index in [1.165, 1.54) is 0 Å². The number of carbonyl (C=O) groups excluding carboxylic acids is 1. The summed E-state index contributed by atoms with van der Waals surface area (Å²) < 4.78 is 0. The van der Waals surface area contributed by atoms with Crippen molar-refractivity contribution in [1.29, 1.82) is 0 Å². The van der Waals surface area contributed by atoms with Gasteiger partial charge in [-0.1, -0.05) is 30.3 Å². The first-order valence-corrected chi connectivity index (χ1v) is 5.35.